The smallest absolute Gasteiger partial charge is 0.264 e. The molecule has 1 aliphatic heterocycles. The van der Waals surface area contributed by atoms with Crippen molar-refractivity contribution in [1.82, 2.24) is 29.8 Å². The molecule has 3 heterocycles. The van der Waals surface area contributed by atoms with Gasteiger partial charge in [0.1, 0.15) is 11.6 Å². The normalized spacial score (nSPS) is 14.4. The highest BCUT2D eigenvalue weighted by Gasteiger charge is 2.30. The van der Waals surface area contributed by atoms with E-state index in [-0.39, 0.29) is 29.1 Å². The molecule has 2 aromatic heterocycles. The number of H-pyrrole nitrogens is 1. The van der Waals surface area contributed by atoms with E-state index in [9.17, 15) is 18.4 Å². The number of rotatable bonds is 5. The lowest BCUT2D eigenvalue weighted by Gasteiger charge is -2.39. The van der Waals surface area contributed by atoms with E-state index in [0.29, 0.717) is 43.3 Å². The molecular weight excluding hydrogens is 466 g/mol. The van der Waals surface area contributed by atoms with Gasteiger partial charge in [0, 0.05) is 32.2 Å². The molecule has 0 atom stereocenters. The largest absolute Gasteiger partial charge is 0.336 e. The van der Waals surface area contributed by atoms with E-state index in [2.05, 4.69) is 20.2 Å². The van der Waals surface area contributed by atoms with E-state index >= 15 is 0 Å². The van der Waals surface area contributed by atoms with Crippen LogP contribution in [0.1, 0.15) is 33.2 Å². The summed E-state index contributed by atoms with van der Waals surface area (Å²) in [6.07, 6.45) is 1.51. The van der Waals surface area contributed by atoms with Gasteiger partial charge in [-0.15, -0.1) is 0 Å². The van der Waals surface area contributed by atoms with Crippen LogP contribution in [0.25, 0.3) is 5.82 Å². The van der Waals surface area contributed by atoms with Crippen molar-refractivity contribution in [3.8, 4) is 5.82 Å². The Balaban J connectivity index is 1.33. The van der Waals surface area contributed by atoms with Crippen molar-refractivity contribution in [3.05, 3.63) is 111 Å². The van der Waals surface area contributed by atoms with Crippen molar-refractivity contribution in [1.29, 1.82) is 0 Å². The molecule has 1 N–H and O–H groups in total. The Bertz CT molecular complexity index is 1360. The SMILES string of the molecule is Cc1c(C(=O)N2CCN(C(c3ccc(F)cc3)c3ccc(F)cc3)CC2)cnn1-c1ccc(=O)[nH]n1. The molecule has 1 fully saturated rings. The third-order valence-electron chi connectivity index (χ3n) is 6.46. The summed E-state index contributed by atoms with van der Waals surface area (Å²) in [5.41, 5.74) is 2.56. The molecule has 0 aliphatic carbocycles. The average molecular weight is 491 g/mol. The van der Waals surface area contributed by atoms with Gasteiger partial charge < -0.3 is 4.90 Å². The third kappa shape index (κ3) is 4.67. The number of halogens is 2. The first-order valence-corrected chi connectivity index (χ1v) is 11.6. The fourth-order valence-electron chi connectivity index (χ4n) is 4.56. The van der Waals surface area contributed by atoms with E-state index in [1.807, 2.05) is 0 Å². The maximum Gasteiger partial charge on any atom is 0.264 e. The highest BCUT2D eigenvalue weighted by Crippen LogP contribution is 2.30. The number of amides is 1. The van der Waals surface area contributed by atoms with Crippen LogP contribution in [0.15, 0.2) is 71.7 Å². The van der Waals surface area contributed by atoms with Gasteiger partial charge in [-0.3, -0.25) is 14.5 Å². The molecule has 1 aliphatic rings. The summed E-state index contributed by atoms with van der Waals surface area (Å²) in [6.45, 7) is 3.92. The predicted octanol–water partition coefficient (Wildman–Crippen LogP) is 3.09. The Labute approximate surface area is 205 Å². The predicted molar refractivity (Wildman–Crippen MR) is 129 cm³/mol. The molecule has 184 valence electrons. The average Bonchev–Trinajstić information content (AvgIpc) is 3.28. The second-order valence-electron chi connectivity index (χ2n) is 8.67. The molecule has 2 aromatic carbocycles. The van der Waals surface area contributed by atoms with Gasteiger partial charge in [0.05, 0.1) is 23.5 Å². The lowest BCUT2D eigenvalue weighted by molar-refractivity contribution is 0.0596. The molecule has 8 nitrogen and oxygen atoms in total. The van der Waals surface area contributed by atoms with E-state index in [1.54, 1.807) is 36.1 Å². The molecule has 1 saturated heterocycles. The topological polar surface area (TPSA) is 87.1 Å². The van der Waals surface area contributed by atoms with Crippen molar-refractivity contribution >= 4 is 5.91 Å². The van der Waals surface area contributed by atoms with Crippen molar-refractivity contribution in [3.63, 3.8) is 0 Å². The number of hydrogen-bond acceptors (Lipinski definition) is 5. The van der Waals surface area contributed by atoms with Crippen LogP contribution in [0.2, 0.25) is 0 Å². The summed E-state index contributed by atoms with van der Waals surface area (Å²) in [7, 11) is 0. The fourth-order valence-corrected chi connectivity index (χ4v) is 4.56. The quantitative estimate of drug-likeness (QED) is 0.465. The van der Waals surface area contributed by atoms with E-state index in [4.69, 9.17) is 0 Å². The Morgan fingerprint density at radius 2 is 1.47 bits per heavy atom. The first kappa shape index (κ1) is 23.6. The molecule has 36 heavy (non-hydrogen) atoms. The Hall–Kier alpha value is -4.18. The zero-order valence-corrected chi connectivity index (χ0v) is 19.6. The Morgan fingerprint density at radius 3 is 2.00 bits per heavy atom. The monoisotopic (exact) mass is 490 g/mol. The van der Waals surface area contributed by atoms with Gasteiger partial charge >= 0.3 is 0 Å². The van der Waals surface area contributed by atoms with Crippen LogP contribution in [-0.4, -0.2) is 61.9 Å². The van der Waals surface area contributed by atoms with Crippen LogP contribution in [-0.2, 0) is 0 Å². The first-order valence-electron chi connectivity index (χ1n) is 11.6. The molecule has 0 radical (unpaired) electrons. The maximum absolute atomic E-state index is 13.6. The van der Waals surface area contributed by atoms with Crippen LogP contribution in [0.5, 0.6) is 0 Å². The van der Waals surface area contributed by atoms with Crippen LogP contribution in [0, 0.1) is 18.6 Å². The van der Waals surface area contributed by atoms with Crippen molar-refractivity contribution in [2.75, 3.05) is 26.2 Å². The minimum absolute atomic E-state index is 0.136. The Morgan fingerprint density at radius 1 is 0.889 bits per heavy atom. The van der Waals surface area contributed by atoms with Gasteiger partial charge in [-0.1, -0.05) is 24.3 Å². The van der Waals surface area contributed by atoms with Gasteiger partial charge in [-0.05, 0) is 48.4 Å². The highest BCUT2D eigenvalue weighted by molar-refractivity contribution is 5.95. The van der Waals surface area contributed by atoms with Gasteiger partial charge in [-0.25, -0.2) is 18.6 Å². The lowest BCUT2D eigenvalue weighted by atomic mass is 9.96. The molecule has 1 amide bonds. The van der Waals surface area contributed by atoms with Crippen molar-refractivity contribution in [2.24, 2.45) is 0 Å². The first-order chi connectivity index (χ1) is 17.4. The zero-order valence-electron chi connectivity index (χ0n) is 19.6. The molecule has 0 saturated carbocycles. The van der Waals surface area contributed by atoms with E-state index in [0.717, 1.165) is 11.1 Å². The summed E-state index contributed by atoms with van der Waals surface area (Å²) in [4.78, 5) is 28.6. The summed E-state index contributed by atoms with van der Waals surface area (Å²) < 4.78 is 28.7. The fraction of sp³-hybridized carbons (Fsp3) is 0.231. The third-order valence-corrected chi connectivity index (χ3v) is 6.46. The molecule has 5 rings (SSSR count). The van der Waals surface area contributed by atoms with Crippen LogP contribution < -0.4 is 5.56 Å². The number of benzene rings is 2. The zero-order chi connectivity index (χ0) is 25.2. The van der Waals surface area contributed by atoms with Crippen molar-refractivity contribution in [2.45, 2.75) is 13.0 Å². The highest BCUT2D eigenvalue weighted by atomic mass is 19.1. The Kier molecular flexibility index (Phi) is 6.43. The summed E-state index contributed by atoms with van der Waals surface area (Å²) in [6, 6.07) is 15.3. The number of nitrogens with zero attached hydrogens (tertiary/aromatic N) is 5. The number of nitrogens with one attached hydrogen (secondary N) is 1. The minimum atomic E-state index is -0.322. The number of piperazine rings is 1. The van der Waals surface area contributed by atoms with Crippen LogP contribution in [0.3, 0.4) is 0 Å². The number of carbonyl (C=O) groups excluding carboxylic acids is 1. The standard InChI is InChI=1S/C26H24F2N6O2/c1-17-22(16-29-34(17)23-10-11-24(35)31-30-23)26(36)33-14-12-32(13-15-33)25(18-2-6-20(27)7-3-18)19-4-8-21(28)9-5-19/h2-11,16,25H,12-15H2,1H3,(H,31,35). The second kappa shape index (κ2) is 9.82. The lowest BCUT2D eigenvalue weighted by Crippen LogP contribution is -2.50. The van der Waals surface area contributed by atoms with Gasteiger partial charge in [-0.2, -0.15) is 10.2 Å². The van der Waals surface area contributed by atoms with Gasteiger partial charge in [0.2, 0.25) is 0 Å². The van der Waals surface area contributed by atoms with Crippen molar-refractivity contribution < 1.29 is 13.6 Å². The second-order valence-corrected chi connectivity index (χ2v) is 8.67. The van der Waals surface area contributed by atoms with E-state index in [1.165, 1.54) is 47.3 Å². The number of carbonyl (C=O) groups is 1. The molecule has 4 aromatic rings. The van der Waals surface area contributed by atoms with Gasteiger partial charge in [0.15, 0.2) is 5.82 Å². The minimum Gasteiger partial charge on any atom is -0.336 e. The molecule has 0 bridgehead atoms. The molecule has 0 spiro atoms. The molecular formula is C26H24F2N6O2. The summed E-state index contributed by atoms with van der Waals surface area (Å²) in [5, 5.41) is 10.6. The summed E-state index contributed by atoms with van der Waals surface area (Å²) in [5.74, 6) is -0.361. The summed E-state index contributed by atoms with van der Waals surface area (Å²) >= 11 is 0. The van der Waals surface area contributed by atoms with Crippen LogP contribution in [0.4, 0.5) is 8.78 Å². The number of aromatic nitrogens is 4. The number of aromatic amines is 1. The molecule has 10 heteroatoms. The number of hydrogen-bond donors (Lipinski definition) is 1. The van der Waals surface area contributed by atoms with E-state index < -0.39 is 0 Å². The van der Waals surface area contributed by atoms with Crippen LogP contribution >= 0.6 is 0 Å². The molecule has 0 unspecified atom stereocenters. The van der Waals surface area contributed by atoms with Gasteiger partial charge in [0.25, 0.3) is 11.5 Å². The maximum atomic E-state index is 13.6.